The molecule has 0 bridgehead atoms. The summed E-state index contributed by atoms with van der Waals surface area (Å²) in [4.78, 5) is 13.3. The fourth-order valence-corrected chi connectivity index (χ4v) is 2.80. The Morgan fingerprint density at radius 2 is 1.84 bits per heavy atom. The van der Waals surface area contributed by atoms with Crippen LogP contribution in [0.3, 0.4) is 0 Å². The number of hydrogen-bond acceptors (Lipinski definition) is 8. The van der Waals surface area contributed by atoms with Gasteiger partial charge in [0.2, 0.25) is 5.75 Å². The lowest BCUT2D eigenvalue weighted by Gasteiger charge is -2.13. The molecule has 2 heterocycles. The van der Waals surface area contributed by atoms with Gasteiger partial charge in [0.1, 0.15) is 0 Å². The third-order valence-corrected chi connectivity index (χ3v) is 4.16. The molecule has 0 unspecified atom stereocenters. The van der Waals surface area contributed by atoms with Gasteiger partial charge in [-0.15, -0.1) is 16.4 Å². The van der Waals surface area contributed by atoms with E-state index in [0.717, 1.165) is 4.88 Å². The van der Waals surface area contributed by atoms with Crippen molar-refractivity contribution in [1.82, 2.24) is 10.2 Å². The van der Waals surface area contributed by atoms with Crippen molar-refractivity contribution in [2.24, 2.45) is 0 Å². The number of carbonyl (C=O) groups excluding carboxylic acids is 1. The van der Waals surface area contributed by atoms with E-state index >= 15 is 0 Å². The van der Waals surface area contributed by atoms with Gasteiger partial charge in [0.25, 0.3) is 11.8 Å². The van der Waals surface area contributed by atoms with Gasteiger partial charge in [-0.1, -0.05) is 11.2 Å². The Labute approximate surface area is 147 Å². The number of amides is 1. The van der Waals surface area contributed by atoms with Crippen LogP contribution in [0, 0.1) is 0 Å². The monoisotopic (exact) mass is 361 g/mol. The van der Waals surface area contributed by atoms with Crippen molar-refractivity contribution in [2.45, 2.75) is 0 Å². The molecule has 25 heavy (non-hydrogen) atoms. The number of nitrogens with zero attached hydrogens (tertiary/aromatic N) is 2. The van der Waals surface area contributed by atoms with Crippen LogP contribution in [-0.4, -0.2) is 37.4 Å². The van der Waals surface area contributed by atoms with Gasteiger partial charge < -0.3 is 18.6 Å². The maximum Gasteiger partial charge on any atom is 0.322 e. The standard InChI is InChI=1S/C16H15N3O5S/c1-21-10-7-9(8-11(22-2)13(10)23-3)14(20)17-16-19-18-15(24-16)12-5-4-6-25-12/h4-8H,1-3H3,(H,17,19,20). The summed E-state index contributed by atoms with van der Waals surface area (Å²) in [6.07, 6.45) is 0. The second-order valence-electron chi connectivity index (χ2n) is 4.76. The Kier molecular flexibility index (Phi) is 4.85. The summed E-state index contributed by atoms with van der Waals surface area (Å²) in [5.41, 5.74) is 0.297. The second kappa shape index (κ2) is 7.22. The minimum atomic E-state index is -0.444. The molecule has 3 aromatic rings. The number of anilines is 1. The lowest BCUT2D eigenvalue weighted by Crippen LogP contribution is -2.13. The van der Waals surface area contributed by atoms with E-state index in [-0.39, 0.29) is 6.01 Å². The van der Waals surface area contributed by atoms with Crippen molar-refractivity contribution >= 4 is 23.3 Å². The number of benzene rings is 1. The molecule has 0 radical (unpaired) electrons. The minimum Gasteiger partial charge on any atom is -0.493 e. The lowest BCUT2D eigenvalue weighted by molar-refractivity contribution is 0.102. The molecule has 0 fully saturated rings. The predicted molar refractivity (Wildman–Crippen MR) is 91.7 cm³/mol. The van der Waals surface area contributed by atoms with E-state index in [9.17, 15) is 4.79 Å². The fraction of sp³-hybridized carbons (Fsp3) is 0.188. The third-order valence-electron chi connectivity index (χ3n) is 3.30. The molecule has 0 aliphatic carbocycles. The van der Waals surface area contributed by atoms with Crippen LogP contribution in [0.15, 0.2) is 34.1 Å². The molecule has 1 aromatic carbocycles. The number of methoxy groups -OCH3 is 3. The van der Waals surface area contributed by atoms with Gasteiger partial charge >= 0.3 is 6.01 Å². The molecule has 1 N–H and O–H groups in total. The zero-order valence-electron chi connectivity index (χ0n) is 13.7. The first-order valence-electron chi connectivity index (χ1n) is 7.15. The number of nitrogens with one attached hydrogen (secondary N) is 1. The number of hydrogen-bond donors (Lipinski definition) is 1. The molecule has 8 nitrogen and oxygen atoms in total. The average Bonchev–Trinajstić information content (AvgIpc) is 3.31. The maximum atomic E-state index is 12.5. The Hall–Kier alpha value is -3.07. The van der Waals surface area contributed by atoms with Crippen LogP contribution < -0.4 is 19.5 Å². The van der Waals surface area contributed by atoms with Crippen LogP contribution in [0.2, 0.25) is 0 Å². The predicted octanol–water partition coefficient (Wildman–Crippen LogP) is 3.08. The Bertz CT molecular complexity index is 851. The molecule has 130 valence electrons. The summed E-state index contributed by atoms with van der Waals surface area (Å²) in [6.45, 7) is 0. The number of rotatable bonds is 6. The number of ether oxygens (including phenoxy) is 3. The van der Waals surface area contributed by atoms with Crippen molar-refractivity contribution in [2.75, 3.05) is 26.6 Å². The zero-order valence-corrected chi connectivity index (χ0v) is 14.5. The molecule has 0 spiro atoms. The van der Waals surface area contributed by atoms with Crippen molar-refractivity contribution in [3.63, 3.8) is 0 Å². The zero-order chi connectivity index (χ0) is 17.8. The Balaban J connectivity index is 1.84. The molecule has 0 atom stereocenters. The second-order valence-corrected chi connectivity index (χ2v) is 5.71. The van der Waals surface area contributed by atoms with E-state index < -0.39 is 5.91 Å². The van der Waals surface area contributed by atoms with Gasteiger partial charge in [0.15, 0.2) is 11.5 Å². The highest BCUT2D eigenvalue weighted by Gasteiger charge is 2.19. The van der Waals surface area contributed by atoms with Gasteiger partial charge in [0.05, 0.1) is 26.2 Å². The molecular formula is C16H15N3O5S. The molecule has 3 rings (SSSR count). The highest BCUT2D eigenvalue weighted by molar-refractivity contribution is 7.13. The smallest absolute Gasteiger partial charge is 0.322 e. The molecular weight excluding hydrogens is 346 g/mol. The minimum absolute atomic E-state index is 0.00199. The first kappa shape index (κ1) is 16.8. The normalized spacial score (nSPS) is 10.4. The SMILES string of the molecule is COc1cc(C(=O)Nc2nnc(-c3cccs3)o2)cc(OC)c1OC. The highest BCUT2D eigenvalue weighted by atomic mass is 32.1. The van der Waals surface area contributed by atoms with Crippen LogP contribution in [0.25, 0.3) is 10.8 Å². The van der Waals surface area contributed by atoms with Crippen molar-refractivity contribution in [3.8, 4) is 28.0 Å². The number of thiophene rings is 1. The van der Waals surface area contributed by atoms with Gasteiger partial charge in [-0.05, 0) is 23.6 Å². The van der Waals surface area contributed by atoms with E-state index in [1.165, 1.54) is 44.8 Å². The van der Waals surface area contributed by atoms with Crippen molar-refractivity contribution < 1.29 is 23.4 Å². The topological polar surface area (TPSA) is 95.7 Å². The van der Waals surface area contributed by atoms with Gasteiger partial charge in [-0.25, -0.2) is 0 Å². The summed E-state index contributed by atoms with van der Waals surface area (Å²) in [7, 11) is 4.44. The molecule has 0 aliphatic rings. The quantitative estimate of drug-likeness (QED) is 0.721. The first-order valence-corrected chi connectivity index (χ1v) is 8.03. The molecule has 0 saturated carbocycles. The Morgan fingerprint density at radius 1 is 1.12 bits per heavy atom. The Morgan fingerprint density at radius 3 is 2.40 bits per heavy atom. The summed E-state index contributed by atoms with van der Waals surface area (Å²) in [6, 6.07) is 6.80. The summed E-state index contributed by atoms with van der Waals surface area (Å²) in [5.74, 6) is 1.05. The summed E-state index contributed by atoms with van der Waals surface area (Å²) in [5, 5.41) is 12.2. The lowest BCUT2D eigenvalue weighted by atomic mass is 10.1. The molecule has 9 heteroatoms. The van der Waals surface area contributed by atoms with E-state index in [4.69, 9.17) is 18.6 Å². The van der Waals surface area contributed by atoms with E-state index in [0.29, 0.717) is 28.7 Å². The largest absolute Gasteiger partial charge is 0.493 e. The first-order chi connectivity index (χ1) is 12.2. The van der Waals surface area contributed by atoms with Crippen LogP contribution >= 0.6 is 11.3 Å². The highest BCUT2D eigenvalue weighted by Crippen LogP contribution is 2.38. The third kappa shape index (κ3) is 3.41. The summed E-state index contributed by atoms with van der Waals surface area (Å²) < 4.78 is 21.2. The molecule has 0 aliphatic heterocycles. The van der Waals surface area contributed by atoms with Crippen LogP contribution in [0.4, 0.5) is 6.01 Å². The average molecular weight is 361 g/mol. The van der Waals surface area contributed by atoms with Crippen LogP contribution in [0.5, 0.6) is 17.2 Å². The van der Waals surface area contributed by atoms with Crippen molar-refractivity contribution in [1.29, 1.82) is 0 Å². The summed E-state index contributed by atoms with van der Waals surface area (Å²) >= 11 is 1.46. The van der Waals surface area contributed by atoms with E-state index in [1.807, 2.05) is 17.5 Å². The molecule has 1 amide bonds. The number of aromatic nitrogens is 2. The fourth-order valence-electron chi connectivity index (χ4n) is 2.16. The maximum absolute atomic E-state index is 12.5. The number of carbonyl (C=O) groups is 1. The van der Waals surface area contributed by atoms with Gasteiger partial charge in [-0.2, -0.15) is 0 Å². The van der Waals surface area contributed by atoms with E-state index in [2.05, 4.69) is 15.5 Å². The molecule has 2 aromatic heterocycles. The van der Waals surface area contributed by atoms with E-state index in [1.54, 1.807) is 0 Å². The van der Waals surface area contributed by atoms with Crippen LogP contribution in [0.1, 0.15) is 10.4 Å². The van der Waals surface area contributed by atoms with Crippen molar-refractivity contribution in [3.05, 3.63) is 35.2 Å². The van der Waals surface area contributed by atoms with Crippen LogP contribution in [-0.2, 0) is 0 Å². The molecule has 0 saturated heterocycles. The van der Waals surface area contributed by atoms with Gasteiger partial charge in [0, 0.05) is 5.56 Å². The van der Waals surface area contributed by atoms with Gasteiger partial charge in [-0.3, -0.25) is 10.1 Å².